The Kier molecular flexibility index (Phi) is 8.34. The summed E-state index contributed by atoms with van der Waals surface area (Å²) in [4.78, 5) is 52.4. The summed E-state index contributed by atoms with van der Waals surface area (Å²) >= 11 is 1.72. The van der Waals surface area contributed by atoms with Gasteiger partial charge in [-0.05, 0) is 49.2 Å². The third kappa shape index (κ3) is 6.40. The van der Waals surface area contributed by atoms with E-state index < -0.39 is 11.8 Å². The Morgan fingerprint density at radius 2 is 1.76 bits per heavy atom. The van der Waals surface area contributed by atoms with E-state index in [0.717, 1.165) is 25.1 Å². The Hall–Kier alpha value is -4.65. The normalized spacial score (nSPS) is 14.2. The molecule has 1 saturated heterocycles. The van der Waals surface area contributed by atoms with Crippen LogP contribution in [0.1, 0.15) is 44.0 Å². The molecule has 212 valence electrons. The molecule has 0 atom stereocenters. The summed E-state index contributed by atoms with van der Waals surface area (Å²) in [6.45, 7) is 0.725. The molecular weight excluding hydrogens is 546 g/mol. The van der Waals surface area contributed by atoms with Gasteiger partial charge in [-0.25, -0.2) is 0 Å². The standard InChI is InChI=1S/C28H29N7O5S/c1-29-27(38)23-21(14-22(33-34-23)32-25(36)16-6-7-16)31-20-5-3-4-19(24(20)40-2)26(37)30-18-10-8-17(9-11-18)28(39)35-12-13-41-15-35/h3-5,8-11,14,16H,6-7,12-13,15H2,1-2H3,(H,29,38)(H,30,37)(H2,31,32,33,36). The van der Waals surface area contributed by atoms with Crippen molar-refractivity contribution < 1.29 is 23.9 Å². The number of ether oxygens (including phenoxy) is 1. The maximum absolute atomic E-state index is 13.3. The fraction of sp³-hybridized carbons (Fsp3) is 0.286. The first-order valence-electron chi connectivity index (χ1n) is 13.0. The van der Waals surface area contributed by atoms with Crippen molar-refractivity contribution in [3.05, 3.63) is 65.4 Å². The highest BCUT2D eigenvalue weighted by molar-refractivity contribution is 7.99. The van der Waals surface area contributed by atoms with E-state index in [2.05, 4.69) is 31.5 Å². The van der Waals surface area contributed by atoms with Crippen LogP contribution >= 0.6 is 11.8 Å². The Labute approximate surface area is 240 Å². The zero-order valence-corrected chi connectivity index (χ0v) is 23.3. The van der Waals surface area contributed by atoms with E-state index in [0.29, 0.717) is 22.8 Å². The largest absolute Gasteiger partial charge is 0.494 e. The number of methoxy groups -OCH3 is 1. The number of benzene rings is 2. The Balaban J connectivity index is 1.36. The Morgan fingerprint density at radius 3 is 2.41 bits per heavy atom. The van der Waals surface area contributed by atoms with Crippen LogP contribution in [-0.4, -0.2) is 71.1 Å². The second-order valence-electron chi connectivity index (χ2n) is 9.48. The van der Waals surface area contributed by atoms with Gasteiger partial charge in [0.15, 0.2) is 17.3 Å². The molecule has 1 saturated carbocycles. The van der Waals surface area contributed by atoms with Gasteiger partial charge in [-0.1, -0.05) is 6.07 Å². The second kappa shape index (κ2) is 12.3. The van der Waals surface area contributed by atoms with E-state index in [-0.39, 0.29) is 46.2 Å². The molecule has 41 heavy (non-hydrogen) atoms. The first-order valence-corrected chi connectivity index (χ1v) is 14.2. The average molecular weight is 576 g/mol. The summed E-state index contributed by atoms with van der Waals surface area (Å²) in [5, 5.41) is 19.2. The Bertz CT molecular complexity index is 1490. The number of aromatic nitrogens is 2. The molecule has 1 aliphatic heterocycles. The van der Waals surface area contributed by atoms with Crippen LogP contribution in [0.2, 0.25) is 0 Å². The lowest BCUT2D eigenvalue weighted by atomic mass is 10.1. The average Bonchev–Trinajstić information content (AvgIpc) is 3.70. The molecule has 2 aromatic carbocycles. The monoisotopic (exact) mass is 575 g/mol. The maximum atomic E-state index is 13.3. The molecule has 0 bridgehead atoms. The first-order chi connectivity index (χ1) is 19.9. The minimum Gasteiger partial charge on any atom is -0.494 e. The van der Waals surface area contributed by atoms with Crippen molar-refractivity contribution in [3.8, 4) is 5.75 Å². The lowest BCUT2D eigenvalue weighted by Gasteiger charge is -2.17. The second-order valence-corrected chi connectivity index (χ2v) is 10.6. The van der Waals surface area contributed by atoms with Gasteiger partial charge in [-0.2, -0.15) is 0 Å². The number of nitrogens with one attached hydrogen (secondary N) is 4. The highest BCUT2D eigenvalue weighted by Crippen LogP contribution is 2.34. The lowest BCUT2D eigenvalue weighted by molar-refractivity contribution is -0.117. The van der Waals surface area contributed by atoms with Gasteiger partial charge in [0.1, 0.15) is 0 Å². The van der Waals surface area contributed by atoms with Crippen LogP contribution in [0.4, 0.5) is 22.9 Å². The van der Waals surface area contributed by atoms with Crippen molar-refractivity contribution in [2.24, 2.45) is 5.92 Å². The van der Waals surface area contributed by atoms with Crippen LogP contribution in [0.25, 0.3) is 0 Å². The number of hydrogen-bond acceptors (Lipinski definition) is 9. The molecule has 13 heteroatoms. The van der Waals surface area contributed by atoms with Crippen molar-refractivity contribution in [1.29, 1.82) is 0 Å². The number of hydrogen-bond donors (Lipinski definition) is 4. The molecule has 0 unspecified atom stereocenters. The number of carbonyl (C=O) groups is 4. The van der Waals surface area contributed by atoms with Crippen LogP contribution in [0.5, 0.6) is 5.75 Å². The number of para-hydroxylation sites is 1. The summed E-state index contributed by atoms with van der Waals surface area (Å²) in [5.74, 6) is 0.879. The van der Waals surface area contributed by atoms with Crippen LogP contribution in [-0.2, 0) is 4.79 Å². The molecule has 2 heterocycles. The van der Waals surface area contributed by atoms with Crippen LogP contribution < -0.4 is 26.0 Å². The highest BCUT2D eigenvalue weighted by atomic mass is 32.2. The van der Waals surface area contributed by atoms with Gasteiger partial charge in [-0.3, -0.25) is 19.2 Å². The van der Waals surface area contributed by atoms with Gasteiger partial charge in [0.25, 0.3) is 17.7 Å². The van der Waals surface area contributed by atoms with Gasteiger partial charge >= 0.3 is 0 Å². The Morgan fingerprint density at radius 1 is 0.976 bits per heavy atom. The third-order valence-electron chi connectivity index (χ3n) is 6.60. The van der Waals surface area contributed by atoms with Crippen molar-refractivity contribution in [2.45, 2.75) is 12.8 Å². The number of carbonyl (C=O) groups excluding carboxylic acids is 4. The fourth-order valence-corrected chi connectivity index (χ4v) is 5.18. The van der Waals surface area contributed by atoms with Crippen LogP contribution in [0, 0.1) is 5.92 Å². The van der Waals surface area contributed by atoms with Crippen molar-refractivity contribution in [2.75, 3.05) is 48.3 Å². The topological polar surface area (TPSA) is 155 Å². The minimum absolute atomic E-state index is 0.00371. The predicted molar refractivity (Wildman–Crippen MR) is 156 cm³/mol. The first kappa shape index (κ1) is 27.9. The number of rotatable bonds is 9. The fourth-order valence-electron chi connectivity index (χ4n) is 4.24. The molecule has 4 amide bonds. The van der Waals surface area contributed by atoms with Gasteiger partial charge < -0.3 is 30.9 Å². The number of thioether (sulfide) groups is 1. The van der Waals surface area contributed by atoms with E-state index in [4.69, 9.17) is 4.74 Å². The molecular formula is C28H29N7O5S. The highest BCUT2D eigenvalue weighted by Gasteiger charge is 2.30. The SMILES string of the molecule is CNC(=O)c1nnc(NC(=O)C2CC2)cc1Nc1cccc(C(=O)Nc2ccc(C(=O)N3CCSC3)cc2)c1OC. The van der Waals surface area contributed by atoms with E-state index in [9.17, 15) is 19.2 Å². The number of amides is 4. The van der Waals surface area contributed by atoms with E-state index >= 15 is 0 Å². The van der Waals surface area contributed by atoms with Crippen molar-refractivity contribution in [3.63, 3.8) is 0 Å². The van der Waals surface area contributed by atoms with Crippen LogP contribution in [0.15, 0.2) is 48.5 Å². The van der Waals surface area contributed by atoms with Gasteiger partial charge in [0.05, 0.1) is 29.9 Å². The van der Waals surface area contributed by atoms with Gasteiger partial charge in [0, 0.05) is 42.6 Å². The summed E-state index contributed by atoms with van der Waals surface area (Å²) < 4.78 is 5.59. The van der Waals surface area contributed by atoms with E-state index in [1.807, 2.05) is 0 Å². The molecule has 2 aliphatic rings. The third-order valence-corrected chi connectivity index (χ3v) is 7.56. The van der Waals surface area contributed by atoms with Gasteiger partial charge in [-0.15, -0.1) is 22.0 Å². The van der Waals surface area contributed by atoms with Crippen molar-refractivity contribution in [1.82, 2.24) is 20.4 Å². The lowest BCUT2D eigenvalue weighted by Crippen LogP contribution is -2.27. The maximum Gasteiger partial charge on any atom is 0.273 e. The smallest absolute Gasteiger partial charge is 0.273 e. The van der Waals surface area contributed by atoms with Crippen LogP contribution in [0.3, 0.4) is 0 Å². The quantitative estimate of drug-likeness (QED) is 0.301. The minimum atomic E-state index is -0.488. The molecule has 5 rings (SSSR count). The summed E-state index contributed by atoms with van der Waals surface area (Å²) in [6, 6.07) is 13.2. The van der Waals surface area contributed by atoms with Gasteiger partial charge in [0.2, 0.25) is 5.91 Å². The molecule has 0 spiro atoms. The summed E-state index contributed by atoms with van der Waals surface area (Å²) in [6.07, 6.45) is 1.65. The summed E-state index contributed by atoms with van der Waals surface area (Å²) in [5.41, 5.74) is 1.95. The summed E-state index contributed by atoms with van der Waals surface area (Å²) in [7, 11) is 2.90. The molecule has 1 aliphatic carbocycles. The van der Waals surface area contributed by atoms with Crippen molar-refractivity contribution >= 4 is 58.3 Å². The molecule has 1 aromatic heterocycles. The molecule has 4 N–H and O–H groups in total. The zero-order chi connectivity index (χ0) is 28.9. The number of nitrogens with zero attached hydrogens (tertiary/aromatic N) is 3. The zero-order valence-electron chi connectivity index (χ0n) is 22.5. The van der Waals surface area contributed by atoms with E-state index in [1.165, 1.54) is 20.2 Å². The molecule has 12 nitrogen and oxygen atoms in total. The molecule has 0 radical (unpaired) electrons. The number of anilines is 4. The van der Waals surface area contributed by atoms with E-state index in [1.54, 1.807) is 59.1 Å². The molecule has 2 fully saturated rings. The molecule has 3 aromatic rings. The predicted octanol–water partition coefficient (Wildman–Crippen LogP) is 3.34.